The molecular weight excluding hydrogens is 262 g/mol. The van der Waals surface area contributed by atoms with Crippen LogP contribution in [0.2, 0.25) is 0 Å². The molecule has 108 valence electrons. The molecule has 0 radical (unpaired) electrons. The molecule has 2 rings (SSSR count). The molecule has 0 fully saturated rings. The highest BCUT2D eigenvalue weighted by Crippen LogP contribution is 2.17. The summed E-state index contributed by atoms with van der Waals surface area (Å²) in [6.07, 6.45) is 3.22. The summed E-state index contributed by atoms with van der Waals surface area (Å²) < 4.78 is 4.93. The van der Waals surface area contributed by atoms with Crippen molar-refractivity contribution in [1.29, 1.82) is 0 Å². The van der Waals surface area contributed by atoms with Crippen molar-refractivity contribution in [1.82, 2.24) is 0 Å². The van der Waals surface area contributed by atoms with Crippen LogP contribution in [0.25, 0.3) is 0 Å². The first kappa shape index (κ1) is 14.9. The summed E-state index contributed by atoms with van der Waals surface area (Å²) in [5, 5.41) is 0. The number of carbonyl (C=O) groups excluding carboxylic acids is 1. The highest BCUT2D eigenvalue weighted by atomic mass is 16.5. The quantitative estimate of drug-likeness (QED) is 0.596. The molecular formula is C18H19NO2. The molecule has 0 unspecified atom stereocenters. The maximum atomic E-state index is 11.5. The van der Waals surface area contributed by atoms with E-state index in [0.717, 1.165) is 5.69 Å². The molecule has 0 aliphatic rings. The molecule has 0 saturated heterocycles. The van der Waals surface area contributed by atoms with Crippen molar-refractivity contribution in [3.05, 3.63) is 78.5 Å². The molecule has 0 amide bonds. The van der Waals surface area contributed by atoms with Crippen LogP contribution >= 0.6 is 0 Å². The largest absolute Gasteiger partial charge is 0.463 e. The molecule has 0 aromatic heterocycles. The third-order valence-corrected chi connectivity index (χ3v) is 2.96. The fourth-order valence-corrected chi connectivity index (χ4v) is 1.97. The van der Waals surface area contributed by atoms with Crippen LogP contribution < -0.4 is 4.90 Å². The predicted molar refractivity (Wildman–Crippen MR) is 84.8 cm³/mol. The monoisotopic (exact) mass is 281 g/mol. The van der Waals surface area contributed by atoms with Gasteiger partial charge in [-0.25, -0.2) is 4.79 Å². The molecule has 21 heavy (non-hydrogen) atoms. The summed E-state index contributed by atoms with van der Waals surface area (Å²) >= 11 is 0. The Bertz CT molecular complexity index is 579. The van der Waals surface area contributed by atoms with Gasteiger partial charge in [0.05, 0.1) is 6.61 Å². The van der Waals surface area contributed by atoms with Gasteiger partial charge in [-0.05, 0) is 24.6 Å². The Morgan fingerprint density at radius 3 is 2.29 bits per heavy atom. The molecule has 0 atom stereocenters. The molecule has 2 aromatic carbocycles. The van der Waals surface area contributed by atoms with Gasteiger partial charge in [-0.2, -0.15) is 0 Å². The summed E-state index contributed by atoms with van der Waals surface area (Å²) in [6.45, 7) is 2.87. The zero-order valence-electron chi connectivity index (χ0n) is 12.1. The van der Waals surface area contributed by atoms with Crippen LogP contribution in [-0.4, -0.2) is 12.6 Å². The van der Waals surface area contributed by atoms with Crippen molar-refractivity contribution in [3.63, 3.8) is 0 Å². The van der Waals surface area contributed by atoms with Crippen molar-refractivity contribution in [2.75, 3.05) is 11.5 Å². The van der Waals surface area contributed by atoms with E-state index in [1.54, 1.807) is 13.1 Å². The van der Waals surface area contributed by atoms with Crippen molar-refractivity contribution in [3.8, 4) is 0 Å². The maximum absolute atomic E-state index is 11.5. The third-order valence-electron chi connectivity index (χ3n) is 2.96. The van der Waals surface area contributed by atoms with E-state index in [1.165, 1.54) is 11.6 Å². The minimum absolute atomic E-state index is 0.327. The number of carbonyl (C=O) groups is 1. The zero-order chi connectivity index (χ0) is 14.9. The first-order valence-corrected chi connectivity index (χ1v) is 7.00. The Morgan fingerprint density at radius 1 is 1.05 bits per heavy atom. The highest BCUT2D eigenvalue weighted by molar-refractivity contribution is 5.82. The molecule has 2 aromatic rings. The Hall–Kier alpha value is -2.55. The van der Waals surface area contributed by atoms with Gasteiger partial charge in [0.25, 0.3) is 0 Å². The average Bonchev–Trinajstić information content (AvgIpc) is 2.53. The van der Waals surface area contributed by atoms with Crippen molar-refractivity contribution in [2.24, 2.45) is 0 Å². The van der Waals surface area contributed by atoms with Gasteiger partial charge >= 0.3 is 5.97 Å². The van der Waals surface area contributed by atoms with E-state index >= 15 is 0 Å². The maximum Gasteiger partial charge on any atom is 0.332 e. The van der Waals surface area contributed by atoms with Gasteiger partial charge in [0.2, 0.25) is 0 Å². The Balaban J connectivity index is 2.17. The van der Waals surface area contributed by atoms with Crippen molar-refractivity contribution >= 4 is 11.7 Å². The van der Waals surface area contributed by atoms with E-state index in [1.807, 2.05) is 53.4 Å². The number of rotatable bonds is 6. The lowest BCUT2D eigenvalue weighted by Gasteiger charge is -2.20. The fourth-order valence-electron chi connectivity index (χ4n) is 1.97. The number of esters is 1. The number of benzene rings is 2. The van der Waals surface area contributed by atoms with Crippen LogP contribution in [-0.2, 0) is 16.1 Å². The Morgan fingerprint density at radius 2 is 1.67 bits per heavy atom. The van der Waals surface area contributed by atoms with Gasteiger partial charge in [-0.3, -0.25) is 0 Å². The number of hydrogen-bond donors (Lipinski definition) is 0. The van der Waals surface area contributed by atoms with Crippen LogP contribution in [0, 0.1) is 0 Å². The first-order chi connectivity index (χ1) is 10.3. The summed E-state index contributed by atoms with van der Waals surface area (Å²) in [5.41, 5.74) is 2.21. The number of ether oxygens (including phenoxy) is 1. The molecule has 0 aliphatic carbocycles. The first-order valence-electron chi connectivity index (χ1n) is 7.00. The molecule has 0 N–H and O–H groups in total. The second-order valence-electron chi connectivity index (χ2n) is 4.52. The minimum Gasteiger partial charge on any atom is -0.463 e. The lowest BCUT2D eigenvalue weighted by molar-refractivity contribution is -0.137. The van der Waals surface area contributed by atoms with Gasteiger partial charge in [0.15, 0.2) is 0 Å². The third kappa shape index (κ3) is 4.80. The number of anilines is 1. The molecule has 0 spiro atoms. The molecule has 0 heterocycles. The topological polar surface area (TPSA) is 29.5 Å². The van der Waals surface area contributed by atoms with E-state index in [2.05, 4.69) is 12.1 Å². The van der Waals surface area contributed by atoms with Crippen LogP contribution in [0.1, 0.15) is 12.5 Å². The van der Waals surface area contributed by atoms with Crippen LogP contribution in [0.5, 0.6) is 0 Å². The van der Waals surface area contributed by atoms with E-state index in [4.69, 9.17) is 4.74 Å². The highest BCUT2D eigenvalue weighted by Gasteiger charge is 2.05. The van der Waals surface area contributed by atoms with Gasteiger partial charge in [0, 0.05) is 24.5 Å². The van der Waals surface area contributed by atoms with Crippen LogP contribution in [0.3, 0.4) is 0 Å². The molecule has 0 bridgehead atoms. The predicted octanol–water partition coefficient (Wildman–Crippen LogP) is 3.77. The summed E-state index contributed by atoms with van der Waals surface area (Å²) in [4.78, 5) is 13.5. The summed E-state index contributed by atoms with van der Waals surface area (Å²) in [6, 6.07) is 20.1. The molecule has 0 saturated carbocycles. The number of hydrogen-bond acceptors (Lipinski definition) is 3. The second-order valence-corrected chi connectivity index (χ2v) is 4.52. The van der Waals surface area contributed by atoms with Gasteiger partial charge in [-0.1, -0.05) is 48.5 Å². The number of nitrogens with zero attached hydrogens (tertiary/aromatic N) is 1. The van der Waals surface area contributed by atoms with Crippen molar-refractivity contribution in [2.45, 2.75) is 13.5 Å². The smallest absolute Gasteiger partial charge is 0.332 e. The lowest BCUT2D eigenvalue weighted by atomic mass is 10.2. The van der Waals surface area contributed by atoms with Crippen LogP contribution in [0.15, 0.2) is 72.9 Å². The lowest BCUT2D eigenvalue weighted by Crippen LogP contribution is -2.16. The molecule has 0 aliphatic heterocycles. The average molecular weight is 281 g/mol. The van der Waals surface area contributed by atoms with Gasteiger partial charge in [0.1, 0.15) is 0 Å². The zero-order valence-corrected chi connectivity index (χ0v) is 12.1. The summed E-state index contributed by atoms with van der Waals surface area (Å²) in [5.74, 6) is -0.327. The normalized spacial score (nSPS) is 10.5. The van der Waals surface area contributed by atoms with Gasteiger partial charge < -0.3 is 9.64 Å². The summed E-state index contributed by atoms with van der Waals surface area (Å²) in [7, 11) is 0. The molecule has 3 heteroatoms. The van der Waals surface area contributed by atoms with E-state index < -0.39 is 0 Å². The van der Waals surface area contributed by atoms with E-state index in [-0.39, 0.29) is 5.97 Å². The minimum atomic E-state index is -0.327. The Kier molecular flexibility index (Phi) is 5.59. The number of para-hydroxylation sites is 1. The van der Waals surface area contributed by atoms with E-state index in [9.17, 15) is 4.79 Å². The fraction of sp³-hybridized carbons (Fsp3) is 0.167. The standard InChI is InChI=1S/C18H19NO2/c1-2-21-18(20)13-14-19(17-11-7-4-8-12-17)15-16-9-5-3-6-10-16/h3-14H,2,15H2,1H3/b14-13+. The van der Waals surface area contributed by atoms with Crippen molar-refractivity contribution < 1.29 is 9.53 Å². The Labute approximate surface area is 125 Å². The second kappa shape index (κ2) is 7.90. The molecule has 3 nitrogen and oxygen atoms in total. The van der Waals surface area contributed by atoms with Gasteiger partial charge in [-0.15, -0.1) is 0 Å². The SMILES string of the molecule is CCOC(=O)/C=C/N(Cc1ccccc1)c1ccccc1. The van der Waals surface area contributed by atoms with Crippen LogP contribution in [0.4, 0.5) is 5.69 Å². The van der Waals surface area contributed by atoms with E-state index in [0.29, 0.717) is 13.2 Å².